The zero-order chi connectivity index (χ0) is 33.7. The van der Waals surface area contributed by atoms with Crippen LogP contribution in [0.1, 0.15) is 168 Å². The molecule has 0 spiro atoms. The third kappa shape index (κ3) is 21.9. The highest BCUT2D eigenvalue weighted by Gasteiger charge is 2.44. The predicted octanol–water partition coefficient (Wildman–Crippen LogP) is 6.71. The van der Waals surface area contributed by atoms with Gasteiger partial charge in [-0.25, -0.2) is 0 Å². The van der Waals surface area contributed by atoms with Crippen LogP contribution in [0.25, 0.3) is 0 Å². The van der Waals surface area contributed by atoms with Crippen LogP contribution < -0.4 is 5.32 Å². The largest absolute Gasteiger partial charge is 0.394 e. The van der Waals surface area contributed by atoms with Crippen LogP contribution in [0, 0.1) is 0 Å². The lowest BCUT2D eigenvalue weighted by Crippen LogP contribution is -2.59. The van der Waals surface area contributed by atoms with Gasteiger partial charge in [0.25, 0.3) is 0 Å². The smallest absolute Gasteiger partial charge is 0.220 e. The zero-order valence-corrected chi connectivity index (χ0v) is 29.7. The van der Waals surface area contributed by atoms with Crippen LogP contribution in [0.5, 0.6) is 0 Å². The van der Waals surface area contributed by atoms with Gasteiger partial charge in [0.2, 0.25) is 5.91 Å². The topological polar surface area (TPSA) is 138 Å². The molecule has 46 heavy (non-hydrogen) atoms. The van der Waals surface area contributed by atoms with E-state index < -0.39 is 43.4 Å². The molecule has 0 aromatic carbocycles. The van der Waals surface area contributed by atoms with E-state index in [1.807, 2.05) is 0 Å². The second-order valence-corrected chi connectivity index (χ2v) is 13.5. The molecular formula is C37H73NO8. The summed E-state index contributed by atoms with van der Waals surface area (Å²) in [6.07, 6.45) is 22.6. The van der Waals surface area contributed by atoms with Crippen LogP contribution in [0.2, 0.25) is 0 Å². The Morgan fingerprint density at radius 3 is 1.57 bits per heavy atom. The molecule has 5 N–H and O–H groups in total. The van der Waals surface area contributed by atoms with Crippen molar-refractivity contribution in [1.29, 1.82) is 0 Å². The number of hydrogen-bond acceptors (Lipinski definition) is 8. The minimum absolute atomic E-state index is 0.00489. The van der Waals surface area contributed by atoms with Crippen molar-refractivity contribution in [3.63, 3.8) is 0 Å². The van der Waals surface area contributed by atoms with Gasteiger partial charge in [-0.1, -0.05) is 149 Å². The van der Waals surface area contributed by atoms with Crippen LogP contribution >= 0.6 is 0 Å². The van der Waals surface area contributed by atoms with Crippen molar-refractivity contribution in [2.24, 2.45) is 0 Å². The number of ether oxygens (including phenoxy) is 3. The van der Waals surface area contributed by atoms with Crippen molar-refractivity contribution >= 4 is 5.91 Å². The summed E-state index contributed by atoms with van der Waals surface area (Å²) in [5.41, 5.74) is 0. The fraction of sp³-hybridized carbons (Fsp3) is 0.973. The number of carbonyl (C=O) groups excluding carboxylic acids is 1. The molecule has 1 aliphatic heterocycles. The molecule has 0 aromatic heterocycles. The summed E-state index contributed by atoms with van der Waals surface area (Å²) in [5.74, 6) is -0.0644. The number of carbonyl (C=O) groups is 1. The second kappa shape index (κ2) is 30.3. The van der Waals surface area contributed by atoms with E-state index in [1.165, 1.54) is 116 Å². The Morgan fingerprint density at radius 2 is 1.09 bits per heavy atom. The van der Waals surface area contributed by atoms with Gasteiger partial charge in [-0.05, 0) is 12.8 Å². The highest BCUT2D eigenvalue weighted by Crippen LogP contribution is 2.22. The van der Waals surface area contributed by atoms with E-state index in [4.69, 9.17) is 14.2 Å². The summed E-state index contributed by atoms with van der Waals surface area (Å²) < 4.78 is 17.1. The van der Waals surface area contributed by atoms with Gasteiger partial charge < -0.3 is 40.0 Å². The third-order valence-electron chi connectivity index (χ3n) is 9.14. The number of nitrogens with one attached hydrogen (secondary N) is 1. The highest BCUT2D eigenvalue weighted by atomic mass is 16.7. The molecule has 6 atom stereocenters. The van der Waals surface area contributed by atoms with Gasteiger partial charge in [0.05, 0.1) is 25.9 Å². The van der Waals surface area contributed by atoms with Crippen molar-refractivity contribution in [2.45, 2.75) is 205 Å². The van der Waals surface area contributed by atoms with Gasteiger partial charge in [-0.2, -0.15) is 0 Å². The maximum Gasteiger partial charge on any atom is 0.220 e. The van der Waals surface area contributed by atoms with Crippen LogP contribution in [0.4, 0.5) is 0 Å². The molecule has 1 aliphatic rings. The number of aliphatic hydroxyl groups is 4. The third-order valence-corrected chi connectivity index (χ3v) is 9.14. The lowest BCUT2D eigenvalue weighted by atomic mass is 9.99. The fourth-order valence-electron chi connectivity index (χ4n) is 6.07. The van der Waals surface area contributed by atoms with Crippen LogP contribution in [-0.2, 0) is 19.0 Å². The molecule has 1 amide bonds. The molecule has 0 saturated carbocycles. The van der Waals surface area contributed by atoms with Crippen molar-refractivity contribution in [3.05, 3.63) is 0 Å². The van der Waals surface area contributed by atoms with E-state index in [-0.39, 0.29) is 19.1 Å². The first-order valence-electron chi connectivity index (χ1n) is 19.2. The molecule has 0 aromatic rings. The van der Waals surface area contributed by atoms with Gasteiger partial charge >= 0.3 is 0 Å². The quantitative estimate of drug-likeness (QED) is 0.0503. The van der Waals surface area contributed by atoms with Gasteiger partial charge in [0.1, 0.15) is 24.4 Å². The van der Waals surface area contributed by atoms with Crippen molar-refractivity contribution in [1.82, 2.24) is 5.32 Å². The van der Waals surface area contributed by atoms with Gasteiger partial charge in [-0.3, -0.25) is 4.79 Å². The maximum atomic E-state index is 12.7. The van der Waals surface area contributed by atoms with Crippen LogP contribution in [0.15, 0.2) is 0 Å². The van der Waals surface area contributed by atoms with E-state index >= 15 is 0 Å². The van der Waals surface area contributed by atoms with Crippen molar-refractivity contribution in [3.8, 4) is 0 Å². The lowest BCUT2D eigenvalue weighted by molar-refractivity contribution is -0.302. The van der Waals surface area contributed by atoms with Gasteiger partial charge in [0.15, 0.2) is 6.29 Å². The molecule has 0 radical (unpaired) electrons. The SMILES string of the molecule is CCCCCCCCCCCCCCCCOCC(CO[C@@H]1O[C@H](CO)[C@H](O)[C@H](O)[C@H]1O)NC(=O)CCCCCCCCCCC. The first-order chi connectivity index (χ1) is 22.4. The molecule has 0 aliphatic carbocycles. The van der Waals surface area contributed by atoms with Crippen LogP contribution in [-0.4, -0.2) is 89.5 Å². The fourth-order valence-corrected chi connectivity index (χ4v) is 6.07. The molecule has 1 fully saturated rings. The number of unbranched alkanes of at least 4 members (excludes halogenated alkanes) is 21. The normalized spacial score (nSPS) is 22.3. The summed E-state index contributed by atoms with van der Waals surface area (Å²) >= 11 is 0. The second-order valence-electron chi connectivity index (χ2n) is 13.5. The van der Waals surface area contributed by atoms with E-state index in [0.717, 1.165) is 32.1 Å². The average Bonchev–Trinajstić information content (AvgIpc) is 3.05. The van der Waals surface area contributed by atoms with E-state index in [9.17, 15) is 25.2 Å². The molecular weight excluding hydrogens is 586 g/mol. The number of hydrogen-bond donors (Lipinski definition) is 5. The predicted molar refractivity (Wildman–Crippen MR) is 185 cm³/mol. The molecule has 1 saturated heterocycles. The number of rotatable bonds is 32. The Bertz CT molecular complexity index is 682. The van der Waals surface area contributed by atoms with Crippen LogP contribution in [0.3, 0.4) is 0 Å². The minimum atomic E-state index is -1.51. The number of amides is 1. The van der Waals surface area contributed by atoms with E-state index in [1.54, 1.807) is 0 Å². The molecule has 274 valence electrons. The first kappa shape index (κ1) is 43.2. The Kier molecular flexibility index (Phi) is 28.4. The molecule has 9 nitrogen and oxygen atoms in total. The Morgan fingerprint density at radius 1 is 0.630 bits per heavy atom. The molecule has 1 heterocycles. The Balaban J connectivity index is 2.30. The van der Waals surface area contributed by atoms with Gasteiger partial charge in [-0.15, -0.1) is 0 Å². The molecule has 0 bridgehead atoms. The number of aliphatic hydroxyl groups excluding tert-OH is 4. The van der Waals surface area contributed by atoms with E-state index in [0.29, 0.717) is 13.0 Å². The maximum absolute atomic E-state index is 12.7. The van der Waals surface area contributed by atoms with Crippen molar-refractivity contribution in [2.75, 3.05) is 26.4 Å². The van der Waals surface area contributed by atoms with Gasteiger partial charge in [0, 0.05) is 13.0 Å². The lowest BCUT2D eigenvalue weighted by Gasteiger charge is -2.40. The summed E-state index contributed by atoms with van der Waals surface area (Å²) in [7, 11) is 0. The Labute approximate surface area is 281 Å². The summed E-state index contributed by atoms with van der Waals surface area (Å²) in [4.78, 5) is 12.7. The molecule has 9 heteroatoms. The summed E-state index contributed by atoms with van der Waals surface area (Å²) in [6.45, 7) is 4.84. The molecule has 1 rings (SSSR count). The first-order valence-corrected chi connectivity index (χ1v) is 19.2. The van der Waals surface area contributed by atoms with Crippen molar-refractivity contribution < 1.29 is 39.4 Å². The Hall–Kier alpha value is -0.810. The monoisotopic (exact) mass is 660 g/mol. The van der Waals surface area contributed by atoms with E-state index in [2.05, 4.69) is 19.2 Å². The highest BCUT2D eigenvalue weighted by molar-refractivity contribution is 5.76. The minimum Gasteiger partial charge on any atom is -0.394 e. The standard InChI is InChI=1S/C37H73NO8/c1-3-5-7-9-11-13-14-15-16-17-19-21-23-25-27-44-29-31(30-45-37-36(43)35(42)34(41)32(28-39)46-37)38-33(40)26-24-22-20-18-12-10-8-6-4-2/h31-32,34-37,39,41-43H,3-30H2,1-2H3,(H,38,40)/t31?,32-,34+,35+,36-,37-/m1/s1. The average molecular weight is 660 g/mol. The molecule has 1 unspecified atom stereocenters. The summed E-state index contributed by atoms with van der Waals surface area (Å²) in [6, 6.07) is -0.454. The zero-order valence-electron chi connectivity index (χ0n) is 29.7. The summed E-state index contributed by atoms with van der Waals surface area (Å²) in [5, 5.41) is 42.9.